The normalized spacial score (nSPS) is 18.1. The molecular weight excluding hydrogens is 196 g/mol. The Balaban J connectivity index is 2.18. The van der Waals surface area contributed by atoms with E-state index in [1.165, 1.54) is 11.1 Å². The number of fused-ring (bicyclic) bond motifs is 1. The number of allylic oxidation sites excluding steroid dienone is 1. The fourth-order valence-electron chi connectivity index (χ4n) is 2.30. The zero-order chi connectivity index (χ0) is 11.5. The van der Waals surface area contributed by atoms with Crippen molar-refractivity contribution in [2.24, 2.45) is 0 Å². The van der Waals surface area contributed by atoms with Crippen molar-refractivity contribution in [1.82, 2.24) is 0 Å². The Bertz CT molecular complexity index is 429. The molecule has 2 rings (SSSR count). The molecule has 1 aromatic carbocycles. The molecule has 0 aromatic heterocycles. The summed E-state index contributed by atoms with van der Waals surface area (Å²) in [5, 5.41) is 0. The lowest BCUT2D eigenvalue weighted by atomic mass is 9.93. The van der Waals surface area contributed by atoms with E-state index < -0.39 is 0 Å². The number of carbonyl (C=O) groups is 1. The fraction of sp³-hybridized carbons (Fsp3) is 0.400. The summed E-state index contributed by atoms with van der Waals surface area (Å²) in [5.74, 6) is 0.603. The van der Waals surface area contributed by atoms with E-state index in [2.05, 4.69) is 32.1 Å². The van der Waals surface area contributed by atoms with Crippen molar-refractivity contribution in [2.75, 3.05) is 0 Å². The summed E-state index contributed by atoms with van der Waals surface area (Å²) in [6.45, 7) is 4.25. The molecule has 0 fully saturated rings. The number of hydrogen-bond acceptors (Lipinski definition) is 1. The second-order valence-corrected chi connectivity index (χ2v) is 4.48. The van der Waals surface area contributed by atoms with Crippen LogP contribution in [0.15, 0.2) is 29.8 Å². The summed E-state index contributed by atoms with van der Waals surface area (Å²) >= 11 is 0. The highest BCUT2D eigenvalue weighted by Gasteiger charge is 2.24. The van der Waals surface area contributed by atoms with E-state index >= 15 is 0 Å². The molecule has 16 heavy (non-hydrogen) atoms. The van der Waals surface area contributed by atoms with Crippen molar-refractivity contribution < 1.29 is 4.79 Å². The Hall–Kier alpha value is -1.37. The van der Waals surface area contributed by atoms with Crippen LogP contribution in [-0.2, 0) is 4.79 Å². The highest BCUT2D eigenvalue weighted by Crippen LogP contribution is 2.36. The minimum Gasteiger partial charge on any atom is -0.295 e. The summed E-state index contributed by atoms with van der Waals surface area (Å²) < 4.78 is 0. The summed E-state index contributed by atoms with van der Waals surface area (Å²) in [5.41, 5.74) is 3.51. The van der Waals surface area contributed by atoms with Crippen LogP contribution in [0, 0.1) is 0 Å². The molecule has 1 aromatic rings. The number of rotatable bonds is 4. The first-order valence-corrected chi connectivity index (χ1v) is 6.07. The van der Waals surface area contributed by atoms with E-state index in [0.717, 1.165) is 18.4 Å². The number of carbonyl (C=O) groups excluding carboxylic acids is 1. The number of unbranched alkanes of at least 4 members (excludes halogenated alkanes) is 1. The third kappa shape index (κ3) is 1.95. The Kier molecular flexibility index (Phi) is 3.23. The maximum absolute atomic E-state index is 12.0. The van der Waals surface area contributed by atoms with Gasteiger partial charge in [-0.15, -0.1) is 0 Å². The lowest BCUT2D eigenvalue weighted by Gasteiger charge is -2.09. The van der Waals surface area contributed by atoms with E-state index in [0.29, 0.717) is 12.2 Å². The van der Waals surface area contributed by atoms with Crippen LogP contribution < -0.4 is 0 Å². The van der Waals surface area contributed by atoms with Gasteiger partial charge in [-0.1, -0.05) is 44.5 Å². The second-order valence-electron chi connectivity index (χ2n) is 4.48. The molecule has 0 saturated heterocycles. The van der Waals surface area contributed by atoms with Gasteiger partial charge in [0.15, 0.2) is 5.78 Å². The fourth-order valence-corrected chi connectivity index (χ4v) is 2.30. The van der Waals surface area contributed by atoms with Crippen LogP contribution in [0.3, 0.4) is 0 Å². The number of hydrogen-bond donors (Lipinski definition) is 0. The molecule has 0 saturated carbocycles. The average molecular weight is 214 g/mol. The Morgan fingerprint density at radius 1 is 1.31 bits per heavy atom. The molecule has 1 heteroatoms. The van der Waals surface area contributed by atoms with Gasteiger partial charge < -0.3 is 0 Å². The van der Waals surface area contributed by atoms with Gasteiger partial charge in [0, 0.05) is 17.9 Å². The lowest BCUT2D eigenvalue weighted by Crippen LogP contribution is -2.05. The largest absolute Gasteiger partial charge is 0.295 e. The van der Waals surface area contributed by atoms with Crippen molar-refractivity contribution >= 4 is 11.9 Å². The molecule has 1 unspecified atom stereocenters. The van der Waals surface area contributed by atoms with Crippen molar-refractivity contribution in [3.63, 3.8) is 0 Å². The lowest BCUT2D eigenvalue weighted by molar-refractivity contribution is -0.115. The SMILES string of the molecule is CCCCC(=O)C1=Cc2ccccc2C1C. The maximum atomic E-state index is 12.0. The van der Waals surface area contributed by atoms with Crippen LogP contribution >= 0.6 is 0 Å². The van der Waals surface area contributed by atoms with Gasteiger partial charge in [-0.2, -0.15) is 0 Å². The highest BCUT2D eigenvalue weighted by molar-refractivity contribution is 6.03. The third-order valence-corrected chi connectivity index (χ3v) is 3.32. The molecule has 1 aliphatic rings. The van der Waals surface area contributed by atoms with Gasteiger partial charge in [-0.3, -0.25) is 4.79 Å². The van der Waals surface area contributed by atoms with E-state index in [9.17, 15) is 4.79 Å². The molecule has 1 atom stereocenters. The molecular formula is C15H18O. The topological polar surface area (TPSA) is 17.1 Å². The molecule has 0 bridgehead atoms. The zero-order valence-corrected chi connectivity index (χ0v) is 9.99. The average Bonchev–Trinajstić information content (AvgIpc) is 2.64. The quantitative estimate of drug-likeness (QED) is 0.741. The van der Waals surface area contributed by atoms with Crippen molar-refractivity contribution in [2.45, 2.75) is 39.0 Å². The first-order chi connectivity index (χ1) is 7.74. The molecule has 0 amide bonds. The summed E-state index contributed by atoms with van der Waals surface area (Å²) in [7, 11) is 0. The van der Waals surface area contributed by atoms with Gasteiger partial charge in [-0.25, -0.2) is 0 Å². The van der Waals surface area contributed by atoms with Crippen LogP contribution in [0.1, 0.15) is 50.2 Å². The van der Waals surface area contributed by atoms with Crippen LogP contribution in [0.25, 0.3) is 6.08 Å². The first-order valence-electron chi connectivity index (χ1n) is 6.07. The summed E-state index contributed by atoms with van der Waals surface area (Å²) in [6, 6.07) is 8.28. The third-order valence-electron chi connectivity index (χ3n) is 3.32. The van der Waals surface area contributed by atoms with E-state index in [1.807, 2.05) is 12.1 Å². The molecule has 1 nitrogen and oxygen atoms in total. The second kappa shape index (κ2) is 4.65. The number of Topliss-reactive ketones (excluding diaryl/α,β-unsaturated/α-hetero) is 1. The van der Waals surface area contributed by atoms with Gasteiger partial charge in [0.05, 0.1) is 0 Å². The maximum Gasteiger partial charge on any atom is 0.159 e. The van der Waals surface area contributed by atoms with Gasteiger partial charge in [0.2, 0.25) is 0 Å². The van der Waals surface area contributed by atoms with Crippen LogP contribution in [0.5, 0.6) is 0 Å². The van der Waals surface area contributed by atoms with Crippen molar-refractivity contribution in [1.29, 1.82) is 0 Å². The zero-order valence-electron chi connectivity index (χ0n) is 9.99. The van der Waals surface area contributed by atoms with Crippen LogP contribution in [0.2, 0.25) is 0 Å². The smallest absolute Gasteiger partial charge is 0.159 e. The van der Waals surface area contributed by atoms with Gasteiger partial charge >= 0.3 is 0 Å². The number of benzene rings is 1. The van der Waals surface area contributed by atoms with Gasteiger partial charge in [-0.05, 0) is 23.6 Å². The molecule has 0 spiro atoms. The van der Waals surface area contributed by atoms with E-state index in [-0.39, 0.29) is 5.92 Å². The highest BCUT2D eigenvalue weighted by atomic mass is 16.1. The standard InChI is InChI=1S/C15H18O/c1-3-4-9-15(16)14-10-12-7-5-6-8-13(12)11(14)2/h5-8,10-11H,3-4,9H2,1-2H3. The molecule has 0 heterocycles. The predicted octanol–water partition coefficient (Wildman–Crippen LogP) is 3.95. The summed E-state index contributed by atoms with van der Waals surface area (Å²) in [6.07, 6.45) is 4.85. The minimum atomic E-state index is 0.278. The molecule has 1 aliphatic carbocycles. The van der Waals surface area contributed by atoms with Crippen molar-refractivity contribution in [3.8, 4) is 0 Å². The van der Waals surface area contributed by atoms with Crippen LogP contribution in [-0.4, -0.2) is 5.78 Å². The first kappa shape index (κ1) is 11.1. The van der Waals surface area contributed by atoms with E-state index in [4.69, 9.17) is 0 Å². The summed E-state index contributed by atoms with van der Waals surface area (Å²) in [4.78, 5) is 12.0. The van der Waals surface area contributed by atoms with Gasteiger partial charge in [0.25, 0.3) is 0 Å². The van der Waals surface area contributed by atoms with Crippen LogP contribution in [0.4, 0.5) is 0 Å². The Labute approximate surface area is 97.2 Å². The minimum absolute atomic E-state index is 0.278. The molecule has 0 radical (unpaired) electrons. The van der Waals surface area contributed by atoms with Gasteiger partial charge in [0.1, 0.15) is 0 Å². The Morgan fingerprint density at radius 3 is 2.75 bits per heavy atom. The predicted molar refractivity (Wildman–Crippen MR) is 67.4 cm³/mol. The van der Waals surface area contributed by atoms with E-state index in [1.54, 1.807) is 0 Å². The van der Waals surface area contributed by atoms with Crippen molar-refractivity contribution in [3.05, 3.63) is 41.0 Å². The molecule has 84 valence electrons. The molecule has 0 aliphatic heterocycles. The monoisotopic (exact) mass is 214 g/mol. The molecule has 0 N–H and O–H groups in total. The Morgan fingerprint density at radius 2 is 2.06 bits per heavy atom. The number of ketones is 1.